The Bertz CT molecular complexity index is 1270. The molecule has 35 heavy (non-hydrogen) atoms. The van der Waals surface area contributed by atoms with Gasteiger partial charge in [-0.1, -0.05) is 24.4 Å². The van der Waals surface area contributed by atoms with Crippen LogP contribution in [0.3, 0.4) is 0 Å². The predicted octanol–water partition coefficient (Wildman–Crippen LogP) is 5.04. The highest BCUT2D eigenvalue weighted by molar-refractivity contribution is 6.20. The molecule has 0 bridgehead atoms. The molecule has 5 rings (SSSR count). The zero-order valence-electron chi connectivity index (χ0n) is 19.7. The molecule has 1 N–H and O–H groups in total. The van der Waals surface area contributed by atoms with Crippen molar-refractivity contribution >= 4 is 17.4 Å². The van der Waals surface area contributed by atoms with E-state index in [0.29, 0.717) is 28.7 Å². The summed E-state index contributed by atoms with van der Waals surface area (Å²) in [7, 11) is 1.56. The number of aryl methyl sites for hydroxylation is 1. The Kier molecular flexibility index (Phi) is 6.11. The van der Waals surface area contributed by atoms with E-state index in [9.17, 15) is 14.7 Å². The van der Waals surface area contributed by atoms with E-state index >= 15 is 0 Å². The van der Waals surface area contributed by atoms with Crippen LogP contribution in [0.25, 0.3) is 11.5 Å². The third-order valence-corrected chi connectivity index (χ3v) is 6.86. The molecule has 8 nitrogen and oxygen atoms in total. The number of ketones is 1. The minimum absolute atomic E-state index is 0.0767. The van der Waals surface area contributed by atoms with Gasteiger partial charge in [0.1, 0.15) is 5.75 Å². The molecule has 0 radical (unpaired) electrons. The summed E-state index contributed by atoms with van der Waals surface area (Å²) in [5.74, 6) is 0.261. The Hall–Kier alpha value is -3.94. The van der Waals surface area contributed by atoms with Crippen LogP contribution in [0.2, 0.25) is 0 Å². The van der Waals surface area contributed by atoms with Gasteiger partial charge in [0.2, 0.25) is 0 Å². The van der Waals surface area contributed by atoms with Gasteiger partial charge >= 0.3 is 0 Å². The van der Waals surface area contributed by atoms with E-state index in [-0.39, 0.29) is 17.3 Å². The van der Waals surface area contributed by atoms with E-state index in [0.717, 1.165) is 37.7 Å². The smallest absolute Gasteiger partial charge is 0.294 e. The number of carbonyl (C=O) groups excluding carboxylic acids is 2. The van der Waals surface area contributed by atoms with Crippen molar-refractivity contribution in [3.8, 4) is 17.2 Å². The first kappa shape index (κ1) is 22.8. The average Bonchev–Trinajstić information content (AvgIpc) is 3.45. The number of hydrogen-bond donors (Lipinski definition) is 1. The van der Waals surface area contributed by atoms with Crippen LogP contribution >= 0.6 is 0 Å². The highest BCUT2D eigenvalue weighted by atomic mass is 16.5. The lowest BCUT2D eigenvalue weighted by atomic mass is 9.79. The molecular weight excluding hydrogens is 446 g/mol. The molecule has 1 atom stereocenters. The van der Waals surface area contributed by atoms with Gasteiger partial charge in [0, 0.05) is 16.8 Å². The molecule has 180 valence electrons. The van der Waals surface area contributed by atoms with Crippen molar-refractivity contribution in [2.45, 2.75) is 45.1 Å². The lowest BCUT2D eigenvalue weighted by Gasteiger charge is -2.35. The lowest BCUT2D eigenvalue weighted by Crippen LogP contribution is -2.42. The number of ether oxygens (including phenoxy) is 1. The van der Waals surface area contributed by atoms with Crippen LogP contribution in [0.15, 0.2) is 64.4 Å². The molecule has 1 aliphatic heterocycles. The number of aromatic nitrogens is 2. The maximum atomic E-state index is 13.6. The van der Waals surface area contributed by atoms with Gasteiger partial charge in [0.05, 0.1) is 18.7 Å². The van der Waals surface area contributed by atoms with Gasteiger partial charge in [-0.15, -0.1) is 0 Å². The van der Waals surface area contributed by atoms with E-state index < -0.39 is 17.7 Å². The van der Waals surface area contributed by atoms with Crippen molar-refractivity contribution in [3.05, 3.63) is 71.3 Å². The van der Waals surface area contributed by atoms with E-state index in [2.05, 4.69) is 10.1 Å². The average molecular weight is 474 g/mol. The first-order valence-electron chi connectivity index (χ1n) is 11.8. The third-order valence-electron chi connectivity index (χ3n) is 6.86. The van der Waals surface area contributed by atoms with Crippen molar-refractivity contribution in [1.82, 2.24) is 10.1 Å². The Morgan fingerprint density at radius 1 is 1.06 bits per heavy atom. The largest absolute Gasteiger partial charge is 0.503 e. The summed E-state index contributed by atoms with van der Waals surface area (Å²) in [4.78, 5) is 32.8. The minimum atomic E-state index is -0.557. The summed E-state index contributed by atoms with van der Waals surface area (Å²) in [6.45, 7) is 1.74. The summed E-state index contributed by atoms with van der Waals surface area (Å²) in [6, 6.07) is 13.4. The molecule has 2 aliphatic rings. The molecule has 1 fully saturated rings. The number of methoxy groups -OCH3 is 1. The van der Waals surface area contributed by atoms with Crippen LogP contribution in [0.5, 0.6) is 5.75 Å². The van der Waals surface area contributed by atoms with E-state index in [4.69, 9.17) is 9.26 Å². The van der Waals surface area contributed by atoms with Crippen LogP contribution < -0.4 is 9.64 Å². The summed E-state index contributed by atoms with van der Waals surface area (Å²) >= 11 is 0. The van der Waals surface area contributed by atoms with Crippen LogP contribution in [-0.2, 0) is 4.79 Å². The van der Waals surface area contributed by atoms with Crippen molar-refractivity contribution < 1.29 is 24.0 Å². The van der Waals surface area contributed by atoms with E-state index in [1.165, 1.54) is 0 Å². The molecule has 2 heterocycles. The second-order valence-corrected chi connectivity index (χ2v) is 9.03. The fourth-order valence-electron chi connectivity index (χ4n) is 5.12. The highest BCUT2D eigenvalue weighted by Gasteiger charge is 2.47. The molecule has 0 saturated heterocycles. The second-order valence-electron chi connectivity index (χ2n) is 9.03. The van der Waals surface area contributed by atoms with E-state index in [1.807, 2.05) is 0 Å². The molecule has 1 aliphatic carbocycles. The summed E-state index contributed by atoms with van der Waals surface area (Å²) in [5.41, 5.74) is 1.91. The quantitative estimate of drug-likeness (QED) is 0.500. The van der Waals surface area contributed by atoms with Crippen molar-refractivity contribution in [2.75, 3.05) is 12.0 Å². The fourth-order valence-corrected chi connectivity index (χ4v) is 5.12. The SMILES string of the molecule is COc1ccc(C(=O)C2=C(O)C(=O)N(c3ccc(-c4nc(C)no4)cc3)C2C2CCCCC2)cc1. The number of nitrogens with zero attached hydrogens (tertiary/aromatic N) is 3. The summed E-state index contributed by atoms with van der Waals surface area (Å²) in [5, 5.41) is 14.8. The predicted molar refractivity (Wildman–Crippen MR) is 129 cm³/mol. The van der Waals surface area contributed by atoms with Gasteiger partial charge in [-0.3, -0.25) is 14.5 Å². The Morgan fingerprint density at radius 3 is 2.34 bits per heavy atom. The monoisotopic (exact) mass is 473 g/mol. The molecule has 1 amide bonds. The summed E-state index contributed by atoms with van der Waals surface area (Å²) < 4.78 is 10.4. The molecule has 8 heteroatoms. The first-order valence-corrected chi connectivity index (χ1v) is 11.8. The van der Waals surface area contributed by atoms with Gasteiger partial charge in [-0.25, -0.2) is 0 Å². The maximum absolute atomic E-state index is 13.6. The number of carbonyl (C=O) groups is 2. The third kappa shape index (κ3) is 4.20. The highest BCUT2D eigenvalue weighted by Crippen LogP contribution is 2.41. The van der Waals surface area contributed by atoms with Gasteiger partial charge < -0.3 is 14.4 Å². The number of Topliss-reactive ketones (excluding diaryl/α,β-unsaturated/α-hetero) is 1. The molecule has 2 aromatic carbocycles. The zero-order valence-corrected chi connectivity index (χ0v) is 19.7. The number of rotatable bonds is 6. The van der Waals surface area contributed by atoms with Gasteiger partial charge in [-0.2, -0.15) is 4.98 Å². The summed E-state index contributed by atoms with van der Waals surface area (Å²) in [6.07, 6.45) is 4.97. The van der Waals surface area contributed by atoms with Gasteiger partial charge in [0.15, 0.2) is 17.4 Å². The van der Waals surface area contributed by atoms with Gasteiger partial charge in [-0.05, 0) is 74.2 Å². The molecule has 1 aromatic heterocycles. The van der Waals surface area contributed by atoms with Crippen LogP contribution in [0.4, 0.5) is 5.69 Å². The van der Waals surface area contributed by atoms with Crippen molar-refractivity contribution in [3.63, 3.8) is 0 Å². The van der Waals surface area contributed by atoms with Gasteiger partial charge in [0.25, 0.3) is 11.8 Å². The number of benzene rings is 2. The normalized spacial score (nSPS) is 18.9. The molecule has 3 aromatic rings. The number of amides is 1. The van der Waals surface area contributed by atoms with Crippen molar-refractivity contribution in [2.24, 2.45) is 5.92 Å². The fraction of sp³-hybridized carbons (Fsp3) is 0.333. The first-order chi connectivity index (χ1) is 17.0. The standard InChI is InChI=1S/C27H27N3O5/c1-16-28-26(35-29-16)19-8-12-20(13-9-19)30-23(17-6-4-3-5-7-17)22(25(32)27(30)33)24(31)18-10-14-21(34-2)15-11-18/h8-15,17,23,32H,3-7H2,1-2H3. The zero-order chi connectivity index (χ0) is 24.5. The van der Waals surface area contributed by atoms with Crippen molar-refractivity contribution in [1.29, 1.82) is 0 Å². The number of aliphatic hydroxyl groups is 1. The molecule has 1 saturated carbocycles. The lowest BCUT2D eigenvalue weighted by molar-refractivity contribution is -0.117. The number of hydrogen-bond acceptors (Lipinski definition) is 7. The maximum Gasteiger partial charge on any atom is 0.294 e. The Balaban J connectivity index is 1.52. The number of aliphatic hydroxyl groups excluding tert-OH is 1. The van der Waals surface area contributed by atoms with Crippen LogP contribution in [-0.4, -0.2) is 40.1 Å². The topological polar surface area (TPSA) is 106 Å². The van der Waals surface area contributed by atoms with Crippen LogP contribution in [0, 0.1) is 12.8 Å². The second kappa shape index (κ2) is 9.37. The van der Waals surface area contributed by atoms with Crippen LogP contribution in [0.1, 0.15) is 48.3 Å². The molecular formula is C27H27N3O5. The Labute approximate surface area is 203 Å². The minimum Gasteiger partial charge on any atom is -0.503 e. The Morgan fingerprint density at radius 2 is 1.74 bits per heavy atom. The molecule has 0 spiro atoms. The van der Waals surface area contributed by atoms with E-state index in [1.54, 1.807) is 67.5 Å². The molecule has 1 unspecified atom stereocenters. The number of anilines is 1.